The zero-order valence-corrected chi connectivity index (χ0v) is 8.09. The molecule has 0 aromatic heterocycles. The van der Waals surface area contributed by atoms with Gasteiger partial charge in [0, 0.05) is 19.0 Å². The molecule has 1 saturated heterocycles. The van der Waals surface area contributed by atoms with Crippen LogP contribution in [-0.4, -0.2) is 42.9 Å². The van der Waals surface area contributed by atoms with Gasteiger partial charge in [-0.05, 0) is 13.0 Å². The Kier molecular flexibility index (Phi) is 7.40. The van der Waals surface area contributed by atoms with Gasteiger partial charge in [0.05, 0.1) is 13.3 Å². The Morgan fingerprint density at radius 3 is 2.58 bits per heavy atom. The lowest BCUT2D eigenvalue weighted by atomic mass is 10.1. The predicted octanol–water partition coefficient (Wildman–Crippen LogP) is 1.30. The van der Waals surface area contributed by atoms with Crippen LogP contribution in [-0.2, 0) is 0 Å². The maximum Gasteiger partial charge on any atom is 0.0935 e. The Morgan fingerprint density at radius 2 is 2.17 bits per heavy atom. The molecule has 1 fully saturated rings. The summed E-state index contributed by atoms with van der Waals surface area (Å²) in [6.07, 6.45) is 0.955. The van der Waals surface area contributed by atoms with Crippen LogP contribution in [0.15, 0.2) is 0 Å². The number of aliphatic hydroxyl groups is 1. The average molecular weight is 177 g/mol. The molecule has 0 amide bonds. The maximum absolute atomic E-state index is 12.0. The molecule has 2 nitrogen and oxygen atoms in total. The molecule has 0 radical (unpaired) electrons. The molecule has 0 saturated carbocycles. The molecule has 12 heavy (non-hydrogen) atoms. The first-order valence-electron chi connectivity index (χ1n) is 4.76. The van der Waals surface area contributed by atoms with Crippen molar-refractivity contribution in [1.29, 1.82) is 0 Å². The number of alkyl halides is 1. The highest BCUT2D eigenvalue weighted by Crippen LogP contribution is 2.15. The molecule has 0 bridgehead atoms. The number of likely N-dealkylation sites (tertiary alicyclic amines) is 1. The summed E-state index contributed by atoms with van der Waals surface area (Å²) in [6.45, 7) is 6.48. The molecular formula is C9H20FNO. The van der Waals surface area contributed by atoms with Gasteiger partial charge in [-0.3, -0.25) is 4.39 Å². The first-order valence-corrected chi connectivity index (χ1v) is 4.76. The number of nitrogens with zero attached hydrogens (tertiary/aromatic N) is 1. The van der Waals surface area contributed by atoms with Crippen LogP contribution in [0.1, 0.15) is 20.3 Å². The van der Waals surface area contributed by atoms with Gasteiger partial charge in [-0.2, -0.15) is 0 Å². The van der Waals surface area contributed by atoms with E-state index in [9.17, 15) is 4.39 Å². The molecule has 3 heteroatoms. The van der Waals surface area contributed by atoms with Gasteiger partial charge < -0.3 is 10.0 Å². The van der Waals surface area contributed by atoms with E-state index in [-0.39, 0.29) is 19.2 Å². The quantitative estimate of drug-likeness (QED) is 0.702. The largest absolute Gasteiger partial charge is 0.395 e. The molecule has 1 rings (SSSR count). The number of rotatable bonds is 3. The fourth-order valence-electron chi connectivity index (χ4n) is 1.38. The van der Waals surface area contributed by atoms with E-state index in [1.165, 1.54) is 0 Å². The Morgan fingerprint density at radius 1 is 1.50 bits per heavy atom. The molecule has 74 valence electrons. The number of β-amino-alcohol motifs (C(OH)–C–C–N with tert-alkyl or cyclic N) is 1. The van der Waals surface area contributed by atoms with E-state index in [2.05, 4.69) is 4.90 Å². The fourth-order valence-corrected chi connectivity index (χ4v) is 1.38. The zero-order valence-electron chi connectivity index (χ0n) is 8.09. The second kappa shape index (κ2) is 7.50. The van der Waals surface area contributed by atoms with Crippen molar-refractivity contribution in [2.45, 2.75) is 20.3 Å². The van der Waals surface area contributed by atoms with Gasteiger partial charge >= 0.3 is 0 Å². The molecule has 0 aliphatic carbocycles. The third kappa shape index (κ3) is 4.02. The standard InChI is InChI=1S/C7H14FNO.C2H6/c8-5-7-1-2-9(6-7)3-4-10;1-2/h7,10H,1-6H2;1-2H3. The van der Waals surface area contributed by atoms with Gasteiger partial charge in [0.25, 0.3) is 0 Å². The van der Waals surface area contributed by atoms with E-state index >= 15 is 0 Å². The first kappa shape index (κ1) is 11.8. The van der Waals surface area contributed by atoms with Crippen molar-refractivity contribution in [3.05, 3.63) is 0 Å². The minimum absolute atomic E-state index is 0.193. The minimum atomic E-state index is -0.206. The molecule has 1 aliphatic heterocycles. The van der Waals surface area contributed by atoms with Gasteiger partial charge in [0.1, 0.15) is 0 Å². The van der Waals surface area contributed by atoms with Crippen LogP contribution in [0.25, 0.3) is 0 Å². The van der Waals surface area contributed by atoms with Gasteiger partial charge in [0.15, 0.2) is 0 Å². The molecule has 1 N–H and O–H groups in total. The normalized spacial score (nSPS) is 23.5. The monoisotopic (exact) mass is 177 g/mol. The van der Waals surface area contributed by atoms with Crippen molar-refractivity contribution in [3.8, 4) is 0 Å². The summed E-state index contributed by atoms with van der Waals surface area (Å²) in [5.74, 6) is 0.228. The van der Waals surface area contributed by atoms with E-state index in [4.69, 9.17) is 5.11 Å². The molecule has 0 aromatic rings. The lowest BCUT2D eigenvalue weighted by molar-refractivity contribution is 0.214. The third-order valence-corrected chi connectivity index (χ3v) is 2.00. The van der Waals surface area contributed by atoms with Crippen LogP contribution in [0.2, 0.25) is 0 Å². The van der Waals surface area contributed by atoms with Gasteiger partial charge in [-0.25, -0.2) is 0 Å². The summed E-state index contributed by atoms with van der Waals surface area (Å²) < 4.78 is 12.0. The van der Waals surface area contributed by atoms with Crippen molar-refractivity contribution in [1.82, 2.24) is 4.90 Å². The lowest BCUT2D eigenvalue weighted by Crippen LogP contribution is -2.24. The van der Waals surface area contributed by atoms with Crippen LogP contribution in [0, 0.1) is 5.92 Å². The Hall–Kier alpha value is -0.150. The number of hydrogen-bond donors (Lipinski definition) is 1. The number of hydrogen-bond acceptors (Lipinski definition) is 2. The highest BCUT2D eigenvalue weighted by Gasteiger charge is 2.20. The van der Waals surface area contributed by atoms with E-state index in [1.807, 2.05) is 13.8 Å². The second-order valence-corrected chi connectivity index (χ2v) is 2.83. The van der Waals surface area contributed by atoms with Crippen LogP contribution in [0.4, 0.5) is 4.39 Å². The van der Waals surface area contributed by atoms with Gasteiger partial charge in [-0.15, -0.1) is 0 Å². The van der Waals surface area contributed by atoms with Crippen molar-refractivity contribution in [2.24, 2.45) is 5.92 Å². The summed E-state index contributed by atoms with van der Waals surface area (Å²) >= 11 is 0. The van der Waals surface area contributed by atoms with Gasteiger partial charge in [0.2, 0.25) is 0 Å². The average Bonchev–Trinajstić information content (AvgIpc) is 2.57. The zero-order chi connectivity index (χ0) is 9.40. The van der Waals surface area contributed by atoms with Crippen LogP contribution in [0.5, 0.6) is 0 Å². The summed E-state index contributed by atoms with van der Waals surface area (Å²) in [4.78, 5) is 2.10. The molecule has 1 unspecified atom stereocenters. The van der Waals surface area contributed by atoms with Crippen molar-refractivity contribution in [2.75, 3.05) is 32.9 Å². The third-order valence-electron chi connectivity index (χ3n) is 2.00. The number of aliphatic hydroxyl groups excluding tert-OH is 1. The molecule has 0 aromatic carbocycles. The van der Waals surface area contributed by atoms with E-state index < -0.39 is 0 Å². The summed E-state index contributed by atoms with van der Waals surface area (Å²) in [5, 5.41) is 8.55. The Bertz CT molecular complexity index is 101. The number of halogens is 1. The topological polar surface area (TPSA) is 23.5 Å². The Balaban J connectivity index is 0.000000561. The summed E-state index contributed by atoms with van der Waals surface area (Å²) in [5.41, 5.74) is 0. The van der Waals surface area contributed by atoms with E-state index in [0.29, 0.717) is 6.54 Å². The predicted molar refractivity (Wildman–Crippen MR) is 49.0 cm³/mol. The van der Waals surface area contributed by atoms with E-state index in [1.54, 1.807) is 0 Å². The van der Waals surface area contributed by atoms with Crippen LogP contribution < -0.4 is 0 Å². The second-order valence-electron chi connectivity index (χ2n) is 2.83. The minimum Gasteiger partial charge on any atom is -0.395 e. The molecule has 1 heterocycles. The molecular weight excluding hydrogens is 157 g/mol. The van der Waals surface area contributed by atoms with Crippen LogP contribution in [0.3, 0.4) is 0 Å². The van der Waals surface area contributed by atoms with Gasteiger partial charge in [-0.1, -0.05) is 13.8 Å². The summed E-state index contributed by atoms with van der Waals surface area (Å²) in [6, 6.07) is 0. The Labute approximate surface area is 74.4 Å². The van der Waals surface area contributed by atoms with E-state index in [0.717, 1.165) is 19.5 Å². The fraction of sp³-hybridized carbons (Fsp3) is 1.00. The van der Waals surface area contributed by atoms with Crippen molar-refractivity contribution in [3.63, 3.8) is 0 Å². The molecule has 0 spiro atoms. The highest BCUT2D eigenvalue weighted by molar-refractivity contribution is 4.74. The SMILES string of the molecule is CC.OCCN1CCC(CF)C1. The van der Waals surface area contributed by atoms with Crippen molar-refractivity contribution >= 4 is 0 Å². The highest BCUT2D eigenvalue weighted by atomic mass is 19.1. The smallest absolute Gasteiger partial charge is 0.0935 e. The summed E-state index contributed by atoms with van der Waals surface area (Å²) in [7, 11) is 0. The lowest BCUT2D eigenvalue weighted by Gasteiger charge is -2.12. The molecule has 1 atom stereocenters. The maximum atomic E-state index is 12.0. The van der Waals surface area contributed by atoms with Crippen LogP contribution >= 0.6 is 0 Å². The molecule has 1 aliphatic rings. The van der Waals surface area contributed by atoms with Crippen molar-refractivity contribution < 1.29 is 9.50 Å². The first-order chi connectivity index (χ1) is 5.86.